The van der Waals surface area contributed by atoms with Crippen LogP contribution in [0.25, 0.3) is 22.5 Å². The third-order valence-electron chi connectivity index (χ3n) is 5.52. The van der Waals surface area contributed by atoms with Crippen molar-refractivity contribution in [1.82, 2.24) is 19.7 Å². The van der Waals surface area contributed by atoms with E-state index < -0.39 is 24.2 Å². The number of ether oxygens (including phenoxy) is 1. The lowest BCUT2D eigenvalue weighted by molar-refractivity contribution is 0.152. The van der Waals surface area contributed by atoms with E-state index in [1.165, 1.54) is 41.2 Å². The molecule has 0 spiro atoms. The number of alkyl halides is 2. The number of rotatable bonds is 1. The van der Waals surface area contributed by atoms with Crippen LogP contribution in [-0.4, -0.2) is 19.7 Å². The summed E-state index contributed by atoms with van der Waals surface area (Å²) in [6.45, 7) is 1.63. The maximum absolute atomic E-state index is 14.2. The van der Waals surface area contributed by atoms with Gasteiger partial charge in [0.05, 0.1) is 35.9 Å². The molecule has 0 saturated carbocycles. The molecule has 168 valence electrons. The summed E-state index contributed by atoms with van der Waals surface area (Å²) in [7, 11) is 0. The van der Waals surface area contributed by atoms with E-state index in [2.05, 4.69) is 15.1 Å². The normalized spacial score (nSPS) is 15.0. The van der Waals surface area contributed by atoms with Crippen LogP contribution in [0.2, 0.25) is 0 Å². The van der Waals surface area contributed by atoms with Gasteiger partial charge in [-0.1, -0.05) is 0 Å². The fourth-order valence-corrected chi connectivity index (χ4v) is 4.02. The van der Waals surface area contributed by atoms with E-state index in [9.17, 15) is 17.6 Å². The molecule has 3 aromatic heterocycles. The quantitative estimate of drug-likeness (QED) is 0.394. The highest BCUT2D eigenvalue weighted by atomic mass is 19.3. The Hall–Kier alpha value is -3.95. The molecule has 1 atom stereocenters. The van der Waals surface area contributed by atoms with E-state index in [4.69, 9.17) is 10.5 Å². The molecule has 0 fully saturated rings. The molecule has 2 N–H and O–H groups in total. The molecule has 0 saturated heterocycles. The average Bonchev–Trinajstić information content (AvgIpc) is 3.19. The van der Waals surface area contributed by atoms with Gasteiger partial charge in [0.2, 0.25) is 0 Å². The highest BCUT2D eigenvalue weighted by Crippen LogP contribution is 2.39. The maximum Gasteiger partial charge on any atom is 0.267 e. The zero-order chi connectivity index (χ0) is 23.3. The number of anilines is 1. The molecule has 0 aliphatic carbocycles. The number of aromatic nitrogens is 4. The Morgan fingerprint density at radius 3 is 2.67 bits per heavy atom. The SMILES string of the molecule is C[C@H]1Oc2cc(cnc2N)-c2c(C(F)F)cnn2Cc2cc(F)cnc2-c2ccc(F)cc21. The molecular formula is C23H17F4N5O. The number of nitrogens with zero attached hydrogens (tertiary/aromatic N) is 4. The van der Waals surface area contributed by atoms with Crippen molar-refractivity contribution < 1.29 is 22.3 Å². The zero-order valence-corrected chi connectivity index (χ0v) is 17.3. The van der Waals surface area contributed by atoms with Crippen LogP contribution < -0.4 is 10.5 Å². The van der Waals surface area contributed by atoms with Gasteiger partial charge in [0.15, 0.2) is 11.6 Å². The topological polar surface area (TPSA) is 78.9 Å². The number of nitrogen functional groups attached to an aromatic ring is 1. The number of pyridine rings is 2. The minimum atomic E-state index is -2.81. The van der Waals surface area contributed by atoms with Gasteiger partial charge in [0.25, 0.3) is 6.43 Å². The van der Waals surface area contributed by atoms with Crippen molar-refractivity contribution in [2.45, 2.75) is 26.0 Å². The first-order valence-corrected chi connectivity index (χ1v) is 10.0. The predicted molar refractivity (Wildman–Crippen MR) is 113 cm³/mol. The Kier molecular flexibility index (Phi) is 4.99. The molecule has 4 heterocycles. The van der Waals surface area contributed by atoms with Gasteiger partial charge < -0.3 is 10.5 Å². The molecule has 4 aromatic rings. The van der Waals surface area contributed by atoms with Crippen LogP contribution in [-0.2, 0) is 6.54 Å². The Morgan fingerprint density at radius 2 is 1.88 bits per heavy atom. The van der Waals surface area contributed by atoms with Crippen LogP contribution in [0.15, 0.2) is 48.9 Å². The van der Waals surface area contributed by atoms with Gasteiger partial charge in [-0.2, -0.15) is 5.10 Å². The summed E-state index contributed by atoms with van der Waals surface area (Å²) in [4.78, 5) is 8.33. The second-order valence-electron chi connectivity index (χ2n) is 7.67. The van der Waals surface area contributed by atoms with Crippen LogP contribution >= 0.6 is 0 Å². The Labute approximate surface area is 185 Å². The highest BCUT2D eigenvalue weighted by Gasteiger charge is 2.25. The summed E-state index contributed by atoms with van der Waals surface area (Å²) in [6, 6.07) is 6.84. The van der Waals surface area contributed by atoms with Crippen molar-refractivity contribution in [3.63, 3.8) is 0 Å². The second kappa shape index (κ2) is 7.88. The lowest BCUT2D eigenvalue weighted by Gasteiger charge is -2.22. The molecule has 0 unspecified atom stereocenters. The Bertz CT molecular complexity index is 1370. The van der Waals surface area contributed by atoms with Crippen molar-refractivity contribution in [2.24, 2.45) is 0 Å². The predicted octanol–water partition coefficient (Wildman–Crippen LogP) is 5.31. The van der Waals surface area contributed by atoms with E-state index in [0.29, 0.717) is 27.9 Å². The third-order valence-corrected chi connectivity index (χ3v) is 5.52. The summed E-state index contributed by atoms with van der Waals surface area (Å²) >= 11 is 0. The van der Waals surface area contributed by atoms with E-state index in [0.717, 1.165) is 12.4 Å². The van der Waals surface area contributed by atoms with E-state index in [1.807, 2.05) is 0 Å². The lowest BCUT2D eigenvalue weighted by atomic mass is 9.96. The van der Waals surface area contributed by atoms with E-state index in [1.54, 1.807) is 6.92 Å². The molecule has 0 radical (unpaired) electrons. The van der Waals surface area contributed by atoms with Gasteiger partial charge in [0.1, 0.15) is 17.7 Å². The highest BCUT2D eigenvalue weighted by molar-refractivity contribution is 5.70. The number of hydrogen-bond donors (Lipinski definition) is 1. The van der Waals surface area contributed by atoms with Crippen LogP contribution in [0.3, 0.4) is 0 Å². The Morgan fingerprint density at radius 1 is 1.06 bits per heavy atom. The summed E-state index contributed by atoms with van der Waals surface area (Å²) in [6.07, 6.45) is -0.0712. The van der Waals surface area contributed by atoms with Gasteiger partial charge in [-0.15, -0.1) is 0 Å². The van der Waals surface area contributed by atoms with E-state index in [-0.39, 0.29) is 29.4 Å². The molecule has 10 heteroatoms. The van der Waals surface area contributed by atoms with Gasteiger partial charge in [-0.05, 0) is 37.3 Å². The van der Waals surface area contributed by atoms with Crippen molar-refractivity contribution in [3.05, 3.63) is 77.2 Å². The molecule has 6 nitrogen and oxygen atoms in total. The summed E-state index contributed by atoms with van der Waals surface area (Å²) in [5, 5.41) is 4.12. The molecule has 5 rings (SSSR count). The van der Waals surface area contributed by atoms with Crippen molar-refractivity contribution >= 4 is 5.82 Å². The molecule has 0 amide bonds. The number of fused-ring (bicyclic) bond motifs is 7. The number of benzene rings is 1. The minimum Gasteiger partial charge on any atom is -0.482 e. The first-order valence-electron chi connectivity index (χ1n) is 10.0. The largest absolute Gasteiger partial charge is 0.482 e. The van der Waals surface area contributed by atoms with Gasteiger partial charge in [-0.25, -0.2) is 22.5 Å². The molecular weight excluding hydrogens is 438 g/mol. The third kappa shape index (κ3) is 3.67. The maximum atomic E-state index is 14.2. The minimum absolute atomic E-state index is 0.0471. The molecule has 2 bridgehead atoms. The summed E-state index contributed by atoms with van der Waals surface area (Å²) in [5.41, 5.74) is 7.76. The number of halogens is 4. The smallest absolute Gasteiger partial charge is 0.267 e. The van der Waals surface area contributed by atoms with Gasteiger partial charge in [-0.3, -0.25) is 9.67 Å². The fraction of sp³-hybridized carbons (Fsp3) is 0.174. The number of hydrogen-bond acceptors (Lipinski definition) is 5. The Balaban J connectivity index is 1.83. The van der Waals surface area contributed by atoms with Crippen LogP contribution in [0.4, 0.5) is 23.4 Å². The standard InChI is InChI=1S/C23H17F4N5O/c1-11-17-6-14(24)2-3-16(17)20-13(4-15(25)8-29-20)10-32-21(18(9-31-32)22(26)27)12-5-19(33-11)23(28)30-7-12/h2-9,11,22H,10H2,1H3,(H2,28,30)/t11-/m1/s1. The van der Waals surface area contributed by atoms with Crippen LogP contribution in [0.1, 0.15) is 36.1 Å². The summed E-state index contributed by atoms with van der Waals surface area (Å²) < 4.78 is 63.3. The average molecular weight is 455 g/mol. The van der Waals surface area contributed by atoms with Crippen molar-refractivity contribution in [2.75, 3.05) is 5.73 Å². The van der Waals surface area contributed by atoms with Crippen molar-refractivity contribution in [3.8, 4) is 28.3 Å². The molecule has 33 heavy (non-hydrogen) atoms. The molecule has 1 aliphatic heterocycles. The van der Waals surface area contributed by atoms with Crippen LogP contribution in [0.5, 0.6) is 5.75 Å². The molecule has 1 aromatic carbocycles. The first kappa shape index (κ1) is 20.9. The summed E-state index contributed by atoms with van der Waals surface area (Å²) in [5.74, 6) is -0.898. The van der Waals surface area contributed by atoms with Crippen LogP contribution in [0, 0.1) is 11.6 Å². The van der Waals surface area contributed by atoms with Gasteiger partial charge in [0, 0.05) is 28.5 Å². The van der Waals surface area contributed by atoms with Crippen molar-refractivity contribution in [1.29, 1.82) is 0 Å². The zero-order valence-electron chi connectivity index (χ0n) is 17.3. The number of nitrogens with two attached hydrogens (primary N) is 1. The molecule has 1 aliphatic rings. The first-order chi connectivity index (χ1) is 15.8. The monoisotopic (exact) mass is 455 g/mol. The fourth-order valence-electron chi connectivity index (χ4n) is 4.02. The van der Waals surface area contributed by atoms with E-state index >= 15 is 0 Å². The van der Waals surface area contributed by atoms with Gasteiger partial charge >= 0.3 is 0 Å². The second-order valence-corrected chi connectivity index (χ2v) is 7.67. The lowest BCUT2D eigenvalue weighted by Crippen LogP contribution is -2.12.